The summed E-state index contributed by atoms with van der Waals surface area (Å²) in [6, 6.07) is 0.102. The summed E-state index contributed by atoms with van der Waals surface area (Å²) in [6.45, 7) is 4.11. The summed E-state index contributed by atoms with van der Waals surface area (Å²) in [5, 5.41) is 5.59. The number of rotatable bonds is 4. The summed E-state index contributed by atoms with van der Waals surface area (Å²) in [4.78, 5) is 22.1. The summed E-state index contributed by atoms with van der Waals surface area (Å²) in [6.07, 6.45) is 4.15. The van der Waals surface area contributed by atoms with Gasteiger partial charge in [-0.15, -0.1) is 6.58 Å². The molecule has 2 amide bonds. The molecule has 0 spiro atoms. The van der Waals surface area contributed by atoms with Crippen molar-refractivity contribution in [3.63, 3.8) is 0 Å². The van der Waals surface area contributed by atoms with Crippen molar-refractivity contribution < 1.29 is 9.59 Å². The molecule has 0 bridgehead atoms. The summed E-state index contributed by atoms with van der Waals surface area (Å²) in [7, 11) is 0. The number of carbonyl (C=O) groups is 2. The molecular formula is C10H16N2O2. The molecule has 1 unspecified atom stereocenters. The van der Waals surface area contributed by atoms with E-state index in [1.165, 1.54) is 0 Å². The van der Waals surface area contributed by atoms with E-state index >= 15 is 0 Å². The lowest BCUT2D eigenvalue weighted by Crippen LogP contribution is -2.47. The molecule has 0 aromatic heterocycles. The van der Waals surface area contributed by atoms with Gasteiger partial charge < -0.3 is 10.6 Å². The van der Waals surface area contributed by atoms with Gasteiger partial charge in [0, 0.05) is 25.4 Å². The van der Waals surface area contributed by atoms with Gasteiger partial charge in [0.25, 0.3) is 0 Å². The van der Waals surface area contributed by atoms with E-state index in [9.17, 15) is 9.59 Å². The maximum atomic E-state index is 11.3. The zero-order chi connectivity index (χ0) is 10.4. The normalized spacial score (nSPS) is 21.1. The Morgan fingerprint density at radius 3 is 3.07 bits per heavy atom. The topological polar surface area (TPSA) is 58.2 Å². The number of nitrogens with one attached hydrogen (secondary N) is 2. The highest BCUT2D eigenvalue weighted by molar-refractivity contribution is 5.79. The van der Waals surface area contributed by atoms with E-state index in [2.05, 4.69) is 17.2 Å². The second kappa shape index (κ2) is 5.42. The van der Waals surface area contributed by atoms with Gasteiger partial charge in [-0.3, -0.25) is 9.59 Å². The lowest BCUT2D eigenvalue weighted by Gasteiger charge is -2.23. The van der Waals surface area contributed by atoms with Gasteiger partial charge in [0.2, 0.25) is 11.8 Å². The Morgan fingerprint density at radius 1 is 1.71 bits per heavy atom. The van der Waals surface area contributed by atoms with Gasteiger partial charge in [-0.25, -0.2) is 0 Å². The standard InChI is InChI=1S/C10H16N2O2/c1-2-3-4-10(14)12-8-5-6-9(13)11-7-8/h2,8H,1,3-7H2,(H,11,13)(H,12,14). The van der Waals surface area contributed by atoms with Crippen LogP contribution in [0.15, 0.2) is 12.7 Å². The van der Waals surface area contributed by atoms with Crippen molar-refractivity contribution >= 4 is 11.8 Å². The monoisotopic (exact) mass is 196 g/mol. The first-order valence-corrected chi connectivity index (χ1v) is 4.89. The van der Waals surface area contributed by atoms with Gasteiger partial charge in [0.1, 0.15) is 0 Å². The van der Waals surface area contributed by atoms with Crippen LogP contribution in [0.2, 0.25) is 0 Å². The lowest BCUT2D eigenvalue weighted by molar-refractivity contribution is -0.125. The van der Waals surface area contributed by atoms with E-state index in [4.69, 9.17) is 0 Å². The second-order valence-corrected chi connectivity index (χ2v) is 3.43. The average Bonchev–Trinajstić information content (AvgIpc) is 2.18. The number of hydrogen-bond acceptors (Lipinski definition) is 2. The van der Waals surface area contributed by atoms with E-state index < -0.39 is 0 Å². The number of allylic oxidation sites excluding steroid dienone is 1. The molecule has 14 heavy (non-hydrogen) atoms. The molecule has 0 aliphatic carbocycles. The van der Waals surface area contributed by atoms with Gasteiger partial charge in [-0.05, 0) is 12.8 Å². The molecule has 4 nitrogen and oxygen atoms in total. The number of hydrogen-bond donors (Lipinski definition) is 2. The molecule has 1 saturated heterocycles. The minimum Gasteiger partial charge on any atom is -0.354 e. The van der Waals surface area contributed by atoms with Crippen LogP contribution in [0.1, 0.15) is 25.7 Å². The van der Waals surface area contributed by atoms with Crippen LogP contribution in [0, 0.1) is 0 Å². The van der Waals surface area contributed by atoms with Gasteiger partial charge in [0.05, 0.1) is 0 Å². The average molecular weight is 196 g/mol. The van der Waals surface area contributed by atoms with Crippen molar-refractivity contribution in [3.05, 3.63) is 12.7 Å². The highest BCUT2D eigenvalue weighted by Gasteiger charge is 2.18. The first-order valence-electron chi connectivity index (χ1n) is 4.89. The van der Waals surface area contributed by atoms with Crippen LogP contribution >= 0.6 is 0 Å². The van der Waals surface area contributed by atoms with Crippen LogP contribution in [-0.2, 0) is 9.59 Å². The zero-order valence-corrected chi connectivity index (χ0v) is 8.21. The zero-order valence-electron chi connectivity index (χ0n) is 8.21. The Kier molecular flexibility index (Phi) is 4.16. The van der Waals surface area contributed by atoms with Crippen molar-refractivity contribution in [2.45, 2.75) is 31.7 Å². The molecule has 4 heteroatoms. The van der Waals surface area contributed by atoms with Gasteiger partial charge in [-0.2, -0.15) is 0 Å². The van der Waals surface area contributed by atoms with Gasteiger partial charge >= 0.3 is 0 Å². The fourth-order valence-electron chi connectivity index (χ4n) is 1.39. The first kappa shape index (κ1) is 10.8. The summed E-state index contributed by atoms with van der Waals surface area (Å²) in [5.74, 6) is 0.104. The van der Waals surface area contributed by atoms with E-state index in [0.29, 0.717) is 25.8 Å². The van der Waals surface area contributed by atoms with Crippen molar-refractivity contribution in [2.24, 2.45) is 0 Å². The maximum Gasteiger partial charge on any atom is 0.220 e. The quantitative estimate of drug-likeness (QED) is 0.637. The molecule has 1 aliphatic heterocycles. The number of carbonyl (C=O) groups excluding carboxylic acids is 2. The molecule has 1 aliphatic rings. The molecule has 78 valence electrons. The van der Waals surface area contributed by atoms with Crippen LogP contribution in [0.25, 0.3) is 0 Å². The Bertz CT molecular complexity index is 228. The van der Waals surface area contributed by atoms with Crippen molar-refractivity contribution in [1.29, 1.82) is 0 Å². The molecule has 0 saturated carbocycles. The van der Waals surface area contributed by atoms with Crippen LogP contribution in [0.4, 0.5) is 0 Å². The molecule has 0 radical (unpaired) electrons. The first-order chi connectivity index (χ1) is 6.72. The van der Waals surface area contributed by atoms with Crippen molar-refractivity contribution in [2.75, 3.05) is 6.54 Å². The third kappa shape index (κ3) is 3.60. The molecule has 0 aromatic rings. The molecule has 2 N–H and O–H groups in total. The highest BCUT2D eigenvalue weighted by atomic mass is 16.2. The Labute approximate surface area is 83.8 Å². The molecule has 1 atom stereocenters. The lowest BCUT2D eigenvalue weighted by atomic mass is 10.1. The van der Waals surface area contributed by atoms with Gasteiger partial charge in [0.15, 0.2) is 0 Å². The minimum atomic E-state index is 0.0334. The van der Waals surface area contributed by atoms with Crippen LogP contribution in [0.5, 0.6) is 0 Å². The fraction of sp³-hybridized carbons (Fsp3) is 0.600. The third-order valence-electron chi connectivity index (χ3n) is 2.21. The number of amides is 2. The van der Waals surface area contributed by atoms with E-state index in [1.54, 1.807) is 6.08 Å². The van der Waals surface area contributed by atoms with E-state index in [0.717, 1.165) is 6.42 Å². The van der Waals surface area contributed by atoms with E-state index in [-0.39, 0.29) is 17.9 Å². The minimum absolute atomic E-state index is 0.0334. The largest absolute Gasteiger partial charge is 0.354 e. The highest BCUT2D eigenvalue weighted by Crippen LogP contribution is 2.03. The fourth-order valence-corrected chi connectivity index (χ4v) is 1.39. The summed E-state index contributed by atoms with van der Waals surface area (Å²) >= 11 is 0. The smallest absolute Gasteiger partial charge is 0.220 e. The van der Waals surface area contributed by atoms with Crippen LogP contribution in [0.3, 0.4) is 0 Å². The summed E-state index contributed by atoms with van der Waals surface area (Å²) < 4.78 is 0. The maximum absolute atomic E-state index is 11.3. The Hall–Kier alpha value is -1.32. The molecule has 1 rings (SSSR count). The molecule has 0 aromatic carbocycles. The second-order valence-electron chi connectivity index (χ2n) is 3.43. The summed E-state index contributed by atoms with van der Waals surface area (Å²) in [5.41, 5.74) is 0. The SMILES string of the molecule is C=CCCC(=O)NC1CCC(=O)NC1. The van der Waals surface area contributed by atoms with Gasteiger partial charge in [-0.1, -0.05) is 6.08 Å². The Balaban J connectivity index is 2.20. The predicted octanol–water partition coefficient (Wildman–Crippen LogP) is 0.347. The number of piperidine rings is 1. The van der Waals surface area contributed by atoms with Crippen molar-refractivity contribution in [3.8, 4) is 0 Å². The molecule has 1 heterocycles. The molecule has 1 fully saturated rings. The third-order valence-corrected chi connectivity index (χ3v) is 2.21. The predicted molar refractivity (Wildman–Crippen MR) is 53.6 cm³/mol. The van der Waals surface area contributed by atoms with Crippen LogP contribution < -0.4 is 10.6 Å². The molecular weight excluding hydrogens is 180 g/mol. The Morgan fingerprint density at radius 2 is 2.50 bits per heavy atom. The van der Waals surface area contributed by atoms with Crippen molar-refractivity contribution in [1.82, 2.24) is 10.6 Å². The van der Waals surface area contributed by atoms with E-state index in [1.807, 2.05) is 0 Å². The van der Waals surface area contributed by atoms with Crippen LogP contribution in [-0.4, -0.2) is 24.4 Å².